The Balaban J connectivity index is 1.30. The molecule has 2 aliphatic rings. The largest absolute Gasteiger partial charge is 0.482 e. The number of hydrogen-bond acceptors (Lipinski definition) is 7. The summed E-state index contributed by atoms with van der Waals surface area (Å²) in [7, 11) is 0. The Morgan fingerprint density at radius 2 is 1.75 bits per heavy atom. The van der Waals surface area contributed by atoms with Gasteiger partial charge in [-0.25, -0.2) is 4.79 Å². The number of nitrogens with zero attached hydrogens (tertiary/aromatic N) is 1. The Kier molecular flexibility index (Phi) is 11.9. The van der Waals surface area contributed by atoms with E-state index in [-0.39, 0.29) is 25.7 Å². The number of carbonyl (C=O) groups excluding carboxylic acids is 3. The van der Waals surface area contributed by atoms with Crippen molar-refractivity contribution in [2.24, 2.45) is 5.92 Å². The highest BCUT2D eigenvalue weighted by molar-refractivity contribution is 6.35. The van der Waals surface area contributed by atoms with Crippen molar-refractivity contribution in [1.82, 2.24) is 10.2 Å². The molecule has 1 aliphatic carbocycles. The summed E-state index contributed by atoms with van der Waals surface area (Å²) in [6, 6.07) is 21.7. The highest BCUT2D eigenvalue weighted by Gasteiger charge is 2.50. The molecule has 0 bridgehead atoms. The van der Waals surface area contributed by atoms with E-state index in [9.17, 15) is 24.6 Å². The van der Waals surface area contributed by atoms with Crippen LogP contribution in [0.2, 0.25) is 0 Å². The summed E-state index contributed by atoms with van der Waals surface area (Å²) in [5, 5.41) is 24.8. The molecule has 0 saturated heterocycles. The molecule has 1 heterocycles. The fourth-order valence-electron chi connectivity index (χ4n) is 6.25. The molecule has 3 aromatic carbocycles. The number of rotatable bonds is 13. The molecule has 252 valence electrons. The Labute approximate surface area is 289 Å². The van der Waals surface area contributed by atoms with E-state index in [2.05, 4.69) is 5.32 Å². The highest BCUT2D eigenvalue weighted by Crippen LogP contribution is 2.44. The van der Waals surface area contributed by atoms with E-state index in [4.69, 9.17) is 32.7 Å². The lowest BCUT2D eigenvalue weighted by Gasteiger charge is -2.49. The van der Waals surface area contributed by atoms with Gasteiger partial charge in [0.25, 0.3) is 5.91 Å². The van der Waals surface area contributed by atoms with Crippen LogP contribution in [0.5, 0.6) is 5.75 Å². The van der Waals surface area contributed by atoms with Crippen LogP contribution in [-0.4, -0.2) is 70.8 Å². The number of fused-ring (bicyclic) bond motifs is 1. The van der Waals surface area contributed by atoms with E-state index in [0.29, 0.717) is 39.8 Å². The second kappa shape index (κ2) is 16.3. The van der Waals surface area contributed by atoms with Gasteiger partial charge < -0.3 is 29.9 Å². The summed E-state index contributed by atoms with van der Waals surface area (Å²) in [4.78, 5) is 41.8. The van der Waals surface area contributed by atoms with Gasteiger partial charge >= 0.3 is 5.97 Å². The molecule has 3 N–H and O–H groups in total. The predicted octanol–water partition coefficient (Wildman–Crippen LogP) is 5.08. The highest BCUT2D eigenvalue weighted by atomic mass is 35.5. The monoisotopic (exact) mass is 692 g/mol. The lowest BCUT2D eigenvalue weighted by molar-refractivity contribution is -0.147. The topological polar surface area (TPSA) is 125 Å². The smallest absolute Gasteiger partial charge is 0.344 e. The zero-order chi connectivity index (χ0) is 34.2. The molecular formula is C37H38Cl2N2O7. The van der Waals surface area contributed by atoms with Gasteiger partial charge in [-0.2, -0.15) is 0 Å². The van der Waals surface area contributed by atoms with Gasteiger partial charge in [-0.3, -0.25) is 9.59 Å². The number of halogens is 2. The summed E-state index contributed by atoms with van der Waals surface area (Å²) in [6.45, 7) is 1.17. The maximum Gasteiger partial charge on any atom is 0.344 e. The van der Waals surface area contributed by atoms with E-state index in [1.54, 1.807) is 54.6 Å². The third kappa shape index (κ3) is 8.28. The predicted molar refractivity (Wildman–Crippen MR) is 183 cm³/mol. The number of nitrogens with one attached hydrogen (secondary N) is 1. The van der Waals surface area contributed by atoms with Crippen molar-refractivity contribution < 1.29 is 34.1 Å². The number of carbonyl (C=O) groups is 3. The van der Waals surface area contributed by atoms with Crippen LogP contribution in [0.4, 0.5) is 0 Å². The van der Waals surface area contributed by atoms with Crippen molar-refractivity contribution in [3.63, 3.8) is 0 Å². The molecule has 1 aliphatic heterocycles. The van der Waals surface area contributed by atoms with E-state index in [1.165, 1.54) is 11.8 Å². The number of aliphatic hydroxyl groups excluding tert-OH is 2. The van der Waals surface area contributed by atoms with Crippen LogP contribution in [0.3, 0.4) is 0 Å². The fourth-order valence-corrected chi connectivity index (χ4v) is 6.85. The van der Waals surface area contributed by atoms with Crippen molar-refractivity contribution in [2.75, 3.05) is 19.8 Å². The minimum Gasteiger partial charge on any atom is -0.482 e. The minimum atomic E-state index is -1.08. The van der Waals surface area contributed by atoms with Crippen molar-refractivity contribution in [3.8, 4) is 5.75 Å². The first-order chi connectivity index (χ1) is 23.2. The van der Waals surface area contributed by atoms with Crippen LogP contribution in [0.15, 0.2) is 101 Å². The average molecular weight is 694 g/mol. The normalized spacial score (nSPS) is 20.1. The van der Waals surface area contributed by atoms with Crippen LogP contribution in [0.25, 0.3) is 0 Å². The molecule has 48 heavy (non-hydrogen) atoms. The van der Waals surface area contributed by atoms with Gasteiger partial charge in [0.05, 0.1) is 30.7 Å². The maximum absolute atomic E-state index is 14.2. The van der Waals surface area contributed by atoms with E-state index >= 15 is 0 Å². The first kappa shape index (κ1) is 35.2. The number of esters is 1. The summed E-state index contributed by atoms with van der Waals surface area (Å²) in [5.41, 5.74) is 2.62. The summed E-state index contributed by atoms with van der Waals surface area (Å²) >= 11 is 13.0. The SMILES string of the molecule is C[C@H](O)[C@H](CO)N1C(=O)c2ccccc2[C@H](C(=O)NCCc2cccc(OCC(=O)OCc3ccccc3)c2)[C@H]1C1CC=C(Cl)C=C1Cl. The molecule has 1 unspecified atom stereocenters. The maximum atomic E-state index is 14.2. The molecule has 3 aromatic rings. The number of ether oxygens (including phenoxy) is 2. The molecule has 0 radical (unpaired) electrons. The van der Waals surface area contributed by atoms with Crippen molar-refractivity contribution >= 4 is 41.0 Å². The Morgan fingerprint density at radius 3 is 2.48 bits per heavy atom. The van der Waals surface area contributed by atoms with E-state index < -0.39 is 48.5 Å². The number of benzene rings is 3. The average Bonchev–Trinajstić information content (AvgIpc) is 3.08. The molecule has 5 atom stereocenters. The molecule has 0 aromatic heterocycles. The first-order valence-electron chi connectivity index (χ1n) is 15.8. The van der Waals surface area contributed by atoms with Gasteiger partial charge in [-0.1, -0.05) is 89.9 Å². The third-order valence-electron chi connectivity index (χ3n) is 8.63. The van der Waals surface area contributed by atoms with Crippen LogP contribution in [0, 0.1) is 5.92 Å². The zero-order valence-electron chi connectivity index (χ0n) is 26.4. The van der Waals surface area contributed by atoms with Crippen LogP contribution >= 0.6 is 23.2 Å². The fraction of sp³-hybridized carbons (Fsp3) is 0.324. The Hall–Kier alpha value is -4.15. The summed E-state index contributed by atoms with van der Waals surface area (Å²) in [5.74, 6) is -2.10. The molecule has 0 saturated carbocycles. The second-order valence-electron chi connectivity index (χ2n) is 11.8. The van der Waals surface area contributed by atoms with Gasteiger partial charge in [-0.05, 0) is 60.7 Å². The van der Waals surface area contributed by atoms with Crippen molar-refractivity contribution in [1.29, 1.82) is 0 Å². The number of aliphatic hydroxyl groups is 2. The lowest BCUT2D eigenvalue weighted by Crippen LogP contribution is -2.62. The summed E-state index contributed by atoms with van der Waals surface area (Å²) < 4.78 is 10.9. The number of hydrogen-bond donors (Lipinski definition) is 3. The Bertz CT molecular complexity index is 1680. The quantitative estimate of drug-likeness (QED) is 0.213. The first-order valence-corrected chi connectivity index (χ1v) is 16.6. The molecule has 2 amide bonds. The van der Waals surface area contributed by atoms with Crippen LogP contribution in [-0.2, 0) is 27.4 Å². The molecule has 5 rings (SSSR count). The minimum absolute atomic E-state index is 0.161. The van der Waals surface area contributed by atoms with Gasteiger partial charge in [0.15, 0.2) is 6.61 Å². The third-order valence-corrected chi connectivity index (χ3v) is 9.28. The van der Waals surface area contributed by atoms with Gasteiger partial charge in [0.1, 0.15) is 12.4 Å². The zero-order valence-corrected chi connectivity index (χ0v) is 27.9. The second-order valence-corrected chi connectivity index (χ2v) is 12.7. The Morgan fingerprint density at radius 1 is 1.02 bits per heavy atom. The van der Waals surface area contributed by atoms with E-state index in [1.807, 2.05) is 36.4 Å². The van der Waals surface area contributed by atoms with E-state index in [0.717, 1.165) is 11.1 Å². The molecule has 0 spiro atoms. The molecule has 0 fully saturated rings. The van der Waals surface area contributed by atoms with Crippen molar-refractivity contribution in [3.05, 3.63) is 123 Å². The standard InChI is InChI=1S/C37H38Cl2N2O7/c1-23(43)32(20-42)41-35(30-15-14-26(38)19-31(30)39)34(28-12-5-6-13-29(28)37(41)46)36(45)40-17-16-24-10-7-11-27(18-24)47-22-33(44)48-21-25-8-3-2-4-9-25/h2-14,18-19,23,30,32,34-35,42-43H,15-17,20-22H2,1H3,(H,40,45)/t23-,30?,32-,34-,35+/m0/s1. The van der Waals surface area contributed by atoms with Crippen molar-refractivity contribution in [2.45, 2.75) is 50.5 Å². The number of allylic oxidation sites excluding steroid dienone is 3. The van der Waals surface area contributed by atoms with Crippen LogP contribution in [0.1, 0.15) is 46.3 Å². The van der Waals surface area contributed by atoms with Gasteiger partial charge in [0, 0.05) is 28.1 Å². The molecular weight excluding hydrogens is 655 g/mol. The van der Waals surface area contributed by atoms with Gasteiger partial charge in [0.2, 0.25) is 5.91 Å². The van der Waals surface area contributed by atoms with Gasteiger partial charge in [-0.15, -0.1) is 0 Å². The summed E-state index contributed by atoms with van der Waals surface area (Å²) in [6.07, 6.45) is 3.12. The molecule has 11 heteroatoms. The molecule has 9 nitrogen and oxygen atoms in total. The van der Waals surface area contributed by atoms with Crippen LogP contribution < -0.4 is 10.1 Å². The lowest BCUT2D eigenvalue weighted by atomic mass is 9.73. The number of amides is 2.